The maximum absolute atomic E-state index is 12.0. The fourth-order valence-electron chi connectivity index (χ4n) is 1.92. The van der Waals surface area contributed by atoms with Crippen molar-refractivity contribution < 1.29 is 19.8 Å². The molecule has 116 valence electrons. The summed E-state index contributed by atoms with van der Waals surface area (Å²) in [4.78, 5) is 23.2. The lowest BCUT2D eigenvalue weighted by Gasteiger charge is -2.22. The van der Waals surface area contributed by atoms with Crippen molar-refractivity contribution in [3.05, 3.63) is 29.8 Å². The monoisotopic (exact) mass is 294 g/mol. The number of rotatable bonds is 7. The number of carbonyl (C=O) groups is 2. The highest BCUT2D eigenvalue weighted by Crippen LogP contribution is 2.12. The van der Waals surface area contributed by atoms with E-state index in [9.17, 15) is 14.7 Å². The standard InChI is InChI=1S/C15H22N2O4/c1-3-9(2)13(15(20)21)17-14(19)12(16)8-10-4-6-11(18)7-5-10/h4-7,9,12-13,18H,3,8,16H2,1-2H3,(H,17,19)(H,20,21)/t9-,12+,13-/m0/s1. The predicted molar refractivity (Wildman–Crippen MR) is 78.8 cm³/mol. The number of phenols is 1. The van der Waals surface area contributed by atoms with Gasteiger partial charge in [0.15, 0.2) is 0 Å². The second-order valence-corrected chi connectivity index (χ2v) is 5.19. The Kier molecular flexibility index (Phi) is 6.17. The lowest BCUT2D eigenvalue weighted by atomic mass is 9.98. The van der Waals surface area contributed by atoms with Crippen LogP contribution in [0.4, 0.5) is 0 Å². The molecule has 1 rings (SSSR count). The van der Waals surface area contributed by atoms with E-state index in [1.807, 2.05) is 6.92 Å². The summed E-state index contributed by atoms with van der Waals surface area (Å²) in [6.45, 7) is 3.63. The normalized spacial score (nSPS) is 15.0. The number of hydrogen-bond acceptors (Lipinski definition) is 4. The van der Waals surface area contributed by atoms with Gasteiger partial charge in [0, 0.05) is 0 Å². The summed E-state index contributed by atoms with van der Waals surface area (Å²) >= 11 is 0. The predicted octanol–water partition coefficient (Wildman–Crippen LogP) is 0.877. The fraction of sp³-hybridized carbons (Fsp3) is 0.467. The van der Waals surface area contributed by atoms with Crippen LogP contribution in [0, 0.1) is 5.92 Å². The number of nitrogens with two attached hydrogens (primary N) is 1. The van der Waals surface area contributed by atoms with Crippen molar-refractivity contribution in [2.75, 3.05) is 0 Å². The lowest BCUT2D eigenvalue weighted by Crippen LogP contribution is -2.51. The van der Waals surface area contributed by atoms with E-state index in [-0.39, 0.29) is 18.1 Å². The van der Waals surface area contributed by atoms with E-state index in [1.165, 1.54) is 12.1 Å². The van der Waals surface area contributed by atoms with Gasteiger partial charge in [0.1, 0.15) is 11.8 Å². The Bertz CT molecular complexity index is 487. The summed E-state index contributed by atoms with van der Waals surface area (Å²) < 4.78 is 0. The fourth-order valence-corrected chi connectivity index (χ4v) is 1.92. The van der Waals surface area contributed by atoms with Crippen LogP contribution in [-0.2, 0) is 16.0 Å². The molecule has 0 saturated heterocycles. The van der Waals surface area contributed by atoms with Crippen LogP contribution in [0.25, 0.3) is 0 Å². The SMILES string of the molecule is CC[C@H](C)[C@H](NC(=O)[C@H](N)Cc1ccc(O)cc1)C(=O)O. The van der Waals surface area contributed by atoms with Crippen molar-refractivity contribution in [3.63, 3.8) is 0 Å². The third-order valence-corrected chi connectivity index (χ3v) is 3.51. The van der Waals surface area contributed by atoms with Crippen molar-refractivity contribution in [2.45, 2.75) is 38.8 Å². The minimum Gasteiger partial charge on any atom is -0.508 e. The molecule has 0 aliphatic rings. The van der Waals surface area contributed by atoms with Gasteiger partial charge in [0.25, 0.3) is 0 Å². The molecule has 0 unspecified atom stereocenters. The van der Waals surface area contributed by atoms with Crippen molar-refractivity contribution in [1.82, 2.24) is 5.32 Å². The molecule has 0 aliphatic carbocycles. The third kappa shape index (κ3) is 5.07. The van der Waals surface area contributed by atoms with Gasteiger partial charge in [-0.25, -0.2) is 4.79 Å². The summed E-state index contributed by atoms with van der Waals surface area (Å²) in [5, 5.41) is 20.8. The van der Waals surface area contributed by atoms with Gasteiger partial charge in [-0.2, -0.15) is 0 Å². The topological polar surface area (TPSA) is 113 Å². The summed E-state index contributed by atoms with van der Waals surface area (Å²) in [5.41, 5.74) is 6.61. The molecule has 6 heteroatoms. The molecule has 0 saturated carbocycles. The van der Waals surface area contributed by atoms with Gasteiger partial charge in [0.05, 0.1) is 6.04 Å². The van der Waals surface area contributed by atoms with Gasteiger partial charge in [0.2, 0.25) is 5.91 Å². The molecule has 3 atom stereocenters. The summed E-state index contributed by atoms with van der Waals surface area (Å²) in [6, 6.07) is 4.60. The van der Waals surface area contributed by atoms with Crippen molar-refractivity contribution in [1.29, 1.82) is 0 Å². The van der Waals surface area contributed by atoms with Gasteiger partial charge in [-0.1, -0.05) is 32.4 Å². The van der Waals surface area contributed by atoms with Crippen LogP contribution in [0.5, 0.6) is 5.75 Å². The van der Waals surface area contributed by atoms with Crippen LogP contribution < -0.4 is 11.1 Å². The number of benzene rings is 1. The molecule has 21 heavy (non-hydrogen) atoms. The molecular formula is C15H22N2O4. The van der Waals surface area contributed by atoms with Gasteiger partial charge in [-0.05, 0) is 30.0 Å². The first-order chi connectivity index (χ1) is 9.85. The largest absolute Gasteiger partial charge is 0.508 e. The molecule has 0 spiro atoms. The molecule has 0 fully saturated rings. The molecular weight excluding hydrogens is 272 g/mol. The summed E-state index contributed by atoms with van der Waals surface area (Å²) in [6.07, 6.45) is 0.920. The van der Waals surface area contributed by atoms with E-state index in [0.29, 0.717) is 6.42 Å². The van der Waals surface area contributed by atoms with Crippen LogP contribution in [0.2, 0.25) is 0 Å². The smallest absolute Gasteiger partial charge is 0.326 e. The molecule has 1 aromatic carbocycles. The maximum atomic E-state index is 12.0. The lowest BCUT2D eigenvalue weighted by molar-refractivity contribution is -0.143. The first kappa shape index (κ1) is 17.0. The van der Waals surface area contributed by atoms with Crippen molar-refractivity contribution >= 4 is 11.9 Å². The van der Waals surface area contributed by atoms with Crippen LogP contribution in [-0.4, -0.2) is 34.2 Å². The first-order valence-electron chi connectivity index (χ1n) is 6.91. The van der Waals surface area contributed by atoms with E-state index in [0.717, 1.165) is 5.56 Å². The zero-order chi connectivity index (χ0) is 16.0. The molecule has 1 amide bonds. The Balaban J connectivity index is 2.64. The van der Waals surface area contributed by atoms with Gasteiger partial charge >= 0.3 is 5.97 Å². The number of carboxylic acids is 1. The molecule has 0 radical (unpaired) electrons. The Labute approximate surface area is 124 Å². The highest BCUT2D eigenvalue weighted by Gasteiger charge is 2.27. The number of carbonyl (C=O) groups excluding carboxylic acids is 1. The average molecular weight is 294 g/mol. The molecule has 0 heterocycles. The van der Waals surface area contributed by atoms with Crippen LogP contribution in [0.15, 0.2) is 24.3 Å². The quantitative estimate of drug-likeness (QED) is 0.596. The number of carboxylic acid groups (broad SMARTS) is 1. The summed E-state index contributed by atoms with van der Waals surface area (Å²) in [5.74, 6) is -1.59. The van der Waals surface area contributed by atoms with Crippen LogP contribution in [0.3, 0.4) is 0 Å². The Morgan fingerprint density at radius 1 is 1.29 bits per heavy atom. The number of nitrogens with one attached hydrogen (secondary N) is 1. The van der Waals surface area contributed by atoms with Crippen LogP contribution in [0.1, 0.15) is 25.8 Å². The number of aliphatic carboxylic acids is 1. The molecule has 0 bridgehead atoms. The van der Waals surface area contributed by atoms with Crippen LogP contribution >= 0.6 is 0 Å². The highest BCUT2D eigenvalue weighted by atomic mass is 16.4. The molecule has 0 aliphatic heterocycles. The number of phenolic OH excluding ortho intramolecular Hbond substituents is 1. The van der Waals surface area contributed by atoms with Gasteiger partial charge in [-0.15, -0.1) is 0 Å². The Hall–Kier alpha value is -2.08. The maximum Gasteiger partial charge on any atom is 0.326 e. The second kappa shape index (κ2) is 7.64. The zero-order valence-corrected chi connectivity index (χ0v) is 12.2. The highest BCUT2D eigenvalue weighted by molar-refractivity contribution is 5.87. The number of hydrogen-bond donors (Lipinski definition) is 4. The zero-order valence-electron chi connectivity index (χ0n) is 12.2. The minimum atomic E-state index is -1.06. The van der Waals surface area contributed by atoms with E-state index in [2.05, 4.69) is 5.32 Å². The second-order valence-electron chi connectivity index (χ2n) is 5.19. The van der Waals surface area contributed by atoms with Gasteiger partial charge in [-0.3, -0.25) is 4.79 Å². The summed E-state index contributed by atoms with van der Waals surface area (Å²) in [7, 11) is 0. The van der Waals surface area contributed by atoms with Crippen molar-refractivity contribution in [2.24, 2.45) is 11.7 Å². The van der Waals surface area contributed by atoms with E-state index in [4.69, 9.17) is 10.8 Å². The molecule has 6 nitrogen and oxygen atoms in total. The van der Waals surface area contributed by atoms with E-state index < -0.39 is 24.0 Å². The molecule has 0 aromatic heterocycles. The minimum absolute atomic E-state index is 0.138. The first-order valence-corrected chi connectivity index (χ1v) is 6.91. The van der Waals surface area contributed by atoms with E-state index >= 15 is 0 Å². The third-order valence-electron chi connectivity index (χ3n) is 3.51. The Morgan fingerprint density at radius 3 is 2.33 bits per heavy atom. The number of amides is 1. The average Bonchev–Trinajstić information content (AvgIpc) is 2.45. The number of aromatic hydroxyl groups is 1. The molecule has 1 aromatic rings. The van der Waals surface area contributed by atoms with Crippen molar-refractivity contribution in [3.8, 4) is 5.75 Å². The molecule has 5 N–H and O–H groups in total. The Morgan fingerprint density at radius 2 is 1.86 bits per heavy atom. The van der Waals surface area contributed by atoms with E-state index in [1.54, 1.807) is 19.1 Å². The van der Waals surface area contributed by atoms with Gasteiger partial charge < -0.3 is 21.3 Å².